The van der Waals surface area contributed by atoms with Gasteiger partial charge in [-0.3, -0.25) is 4.79 Å². The Morgan fingerprint density at radius 1 is 0.652 bits per heavy atom. The second-order valence-electron chi connectivity index (χ2n) is 5.92. The Balaban J connectivity index is 2.16. The zero-order valence-electron chi connectivity index (χ0n) is 13.8. The highest BCUT2D eigenvalue weighted by atomic mass is 16.1. The summed E-state index contributed by atoms with van der Waals surface area (Å²) in [7, 11) is 0. The van der Waals surface area contributed by atoms with Crippen LogP contribution in [-0.4, -0.2) is 5.78 Å². The SMILES string of the molecule is Cc1ccc(-c2ccccc2C(=O)c2ccccc2)c(C)c1C. The van der Waals surface area contributed by atoms with Crippen LogP contribution in [0, 0.1) is 20.8 Å². The number of benzene rings is 3. The summed E-state index contributed by atoms with van der Waals surface area (Å²) in [5.41, 5.74) is 7.40. The van der Waals surface area contributed by atoms with Gasteiger partial charge >= 0.3 is 0 Å². The molecule has 0 spiro atoms. The summed E-state index contributed by atoms with van der Waals surface area (Å²) in [6.45, 7) is 6.38. The van der Waals surface area contributed by atoms with Crippen molar-refractivity contribution in [1.29, 1.82) is 0 Å². The van der Waals surface area contributed by atoms with Crippen LogP contribution in [0.1, 0.15) is 32.6 Å². The maximum atomic E-state index is 12.9. The van der Waals surface area contributed by atoms with E-state index in [1.165, 1.54) is 16.7 Å². The first-order valence-corrected chi connectivity index (χ1v) is 7.85. The lowest BCUT2D eigenvalue weighted by Crippen LogP contribution is -2.04. The van der Waals surface area contributed by atoms with Crippen LogP contribution in [0.25, 0.3) is 11.1 Å². The third kappa shape index (κ3) is 2.83. The molecule has 0 aliphatic carbocycles. The smallest absolute Gasteiger partial charge is 0.193 e. The maximum absolute atomic E-state index is 12.9. The van der Waals surface area contributed by atoms with Crippen molar-refractivity contribution in [2.75, 3.05) is 0 Å². The molecule has 3 rings (SSSR count). The molecule has 0 amide bonds. The molecule has 0 heterocycles. The number of carbonyl (C=O) groups excluding carboxylic acids is 1. The summed E-state index contributed by atoms with van der Waals surface area (Å²) in [5, 5.41) is 0. The normalized spacial score (nSPS) is 10.6. The van der Waals surface area contributed by atoms with Crippen molar-refractivity contribution >= 4 is 5.78 Å². The first-order valence-electron chi connectivity index (χ1n) is 7.85. The zero-order valence-corrected chi connectivity index (χ0v) is 13.8. The lowest BCUT2D eigenvalue weighted by Gasteiger charge is -2.14. The zero-order chi connectivity index (χ0) is 16.4. The first kappa shape index (κ1) is 15.2. The van der Waals surface area contributed by atoms with Crippen molar-refractivity contribution in [3.63, 3.8) is 0 Å². The third-order valence-electron chi connectivity index (χ3n) is 4.56. The highest BCUT2D eigenvalue weighted by Crippen LogP contribution is 2.31. The minimum Gasteiger partial charge on any atom is -0.289 e. The van der Waals surface area contributed by atoms with E-state index in [1.807, 2.05) is 54.6 Å². The minimum absolute atomic E-state index is 0.0684. The molecule has 0 saturated carbocycles. The van der Waals surface area contributed by atoms with Gasteiger partial charge in [-0.05, 0) is 48.6 Å². The van der Waals surface area contributed by atoms with Gasteiger partial charge in [0.2, 0.25) is 0 Å². The Morgan fingerprint density at radius 3 is 2.04 bits per heavy atom. The van der Waals surface area contributed by atoms with Crippen molar-refractivity contribution in [1.82, 2.24) is 0 Å². The molecular weight excluding hydrogens is 280 g/mol. The van der Waals surface area contributed by atoms with E-state index in [0.717, 1.165) is 22.3 Å². The molecule has 0 radical (unpaired) electrons. The number of ketones is 1. The van der Waals surface area contributed by atoms with Crippen LogP contribution in [0.2, 0.25) is 0 Å². The Hall–Kier alpha value is -2.67. The highest BCUT2D eigenvalue weighted by Gasteiger charge is 2.16. The molecule has 0 fully saturated rings. The molecule has 3 aromatic rings. The number of carbonyl (C=O) groups is 1. The van der Waals surface area contributed by atoms with Crippen LogP contribution in [-0.2, 0) is 0 Å². The van der Waals surface area contributed by atoms with Gasteiger partial charge in [0.1, 0.15) is 0 Å². The molecule has 0 aromatic heterocycles. The van der Waals surface area contributed by atoms with Gasteiger partial charge in [-0.1, -0.05) is 66.7 Å². The number of rotatable bonds is 3. The van der Waals surface area contributed by atoms with E-state index in [4.69, 9.17) is 0 Å². The highest BCUT2D eigenvalue weighted by molar-refractivity contribution is 6.13. The molecule has 0 aliphatic heterocycles. The van der Waals surface area contributed by atoms with Gasteiger partial charge in [0, 0.05) is 11.1 Å². The molecule has 3 aromatic carbocycles. The summed E-state index contributed by atoms with van der Waals surface area (Å²) < 4.78 is 0. The fourth-order valence-corrected chi connectivity index (χ4v) is 2.91. The summed E-state index contributed by atoms with van der Waals surface area (Å²) in [4.78, 5) is 12.9. The van der Waals surface area contributed by atoms with E-state index in [2.05, 4.69) is 32.9 Å². The van der Waals surface area contributed by atoms with Crippen molar-refractivity contribution in [2.24, 2.45) is 0 Å². The van der Waals surface area contributed by atoms with Crippen LogP contribution in [0.3, 0.4) is 0 Å². The molecule has 0 bridgehead atoms. The van der Waals surface area contributed by atoms with Crippen molar-refractivity contribution in [2.45, 2.75) is 20.8 Å². The van der Waals surface area contributed by atoms with Crippen molar-refractivity contribution < 1.29 is 4.79 Å². The molecule has 0 aliphatic rings. The van der Waals surface area contributed by atoms with Gasteiger partial charge in [0.25, 0.3) is 0 Å². The Morgan fingerprint density at radius 2 is 1.30 bits per heavy atom. The van der Waals surface area contributed by atoms with Crippen molar-refractivity contribution in [3.8, 4) is 11.1 Å². The van der Waals surface area contributed by atoms with Crippen LogP contribution >= 0.6 is 0 Å². The average Bonchev–Trinajstić information content (AvgIpc) is 2.60. The fourth-order valence-electron chi connectivity index (χ4n) is 2.91. The average molecular weight is 300 g/mol. The third-order valence-corrected chi connectivity index (χ3v) is 4.56. The topological polar surface area (TPSA) is 17.1 Å². The summed E-state index contributed by atoms with van der Waals surface area (Å²) >= 11 is 0. The van der Waals surface area contributed by atoms with E-state index >= 15 is 0 Å². The second kappa shape index (κ2) is 6.21. The standard InChI is InChI=1S/C22H20O/c1-15-13-14-19(17(3)16(15)2)20-11-7-8-12-21(20)22(23)18-9-5-4-6-10-18/h4-14H,1-3H3. The lowest BCUT2D eigenvalue weighted by atomic mass is 9.89. The Labute approximate surface area is 137 Å². The minimum atomic E-state index is 0.0684. The number of hydrogen-bond acceptors (Lipinski definition) is 1. The summed E-state index contributed by atoms with van der Waals surface area (Å²) in [6.07, 6.45) is 0. The Kier molecular flexibility index (Phi) is 4.12. The molecule has 23 heavy (non-hydrogen) atoms. The van der Waals surface area contributed by atoms with Gasteiger partial charge in [-0.15, -0.1) is 0 Å². The van der Waals surface area contributed by atoms with E-state index in [1.54, 1.807) is 0 Å². The van der Waals surface area contributed by atoms with Crippen LogP contribution in [0.15, 0.2) is 66.7 Å². The van der Waals surface area contributed by atoms with Crippen molar-refractivity contribution in [3.05, 3.63) is 94.5 Å². The number of hydrogen-bond donors (Lipinski definition) is 0. The van der Waals surface area contributed by atoms with Crippen LogP contribution in [0.5, 0.6) is 0 Å². The van der Waals surface area contributed by atoms with E-state index < -0.39 is 0 Å². The second-order valence-corrected chi connectivity index (χ2v) is 5.92. The lowest BCUT2D eigenvalue weighted by molar-refractivity contribution is 0.103. The predicted molar refractivity (Wildman–Crippen MR) is 96.0 cm³/mol. The maximum Gasteiger partial charge on any atom is 0.193 e. The molecule has 0 saturated heterocycles. The van der Waals surface area contributed by atoms with Gasteiger partial charge in [-0.25, -0.2) is 0 Å². The largest absolute Gasteiger partial charge is 0.289 e. The predicted octanol–water partition coefficient (Wildman–Crippen LogP) is 5.51. The Bertz CT molecular complexity index is 860. The molecule has 0 unspecified atom stereocenters. The van der Waals surface area contributed by atoms with E-state index in [9.17, 15) is 4.79 Å². The molecule has 114 valence electrons. The van der Waals surface area contributed by atoms with E-state index in [0.29, 0.717) is 0 Å². The van der Waals surface area contributed by atoms with E-state index in [-0.39, 0.29) is 5.78 Å². The molecular formula is C22H20O. The number of aryl methyl sites for hydroxylation is 1. The quantitative estimate of drug-likeness (QED) is 0.583. The van der Waals surface area contributed by atoms with Gasteiger partial charge < -0.3 is 0 Å². The van der Waals surface area contributed by atoms with Crippen LogP contribution < -0.4 is 0 Å². The first-order chi connectivity index (χ1) is 11.1. The van der Waals surface area contributed by atoms with Gasteiger partial charge in [-0.2, -0.15) is 0 Å². The summed E-state index contributed by atoms with van der Waals surface area (Å²) in [5.74, 6) is 0.0684. The van der Waals surface area contributed by atoms with Gasteiger partial charge in [0.05, 0.1) is 0 Å². The monoisotopic (exact) mass is 300 g/mol. The molecule has 0 N–H and O–H groups in total. The summed E-state index contributed by atoms with van der Waals surface area (Å²) in [6, 6.07) is 21.6. The van der Waals surface area contributed by atoms with Crippen LogP contribution in [0.4, 0.5) is 0 Å². The molecule has 0 atom stereocenters. The molecule has 1 nitrogen and oxygen atoms in total. The van der Waals surface area contributed by atoms with Gasteiger partial charge in [0.15, 0.2) is 5.78 Å². The molecule has 1 heteroatoms. The fraction of sp³-hybridized carbons (Fsp3) is 0.136.